The number of ether oxygens (including phenoxy) is 2. The van der Waals surface area contributed by atoms with Crippen molar-refractivity contribution in [3.05, 3.63) is 94.5 Å². The van der Waals surface area contributed by atoms with Crippen molar-refractivity contribution in [3.8, 4) is 11.5 Å². The standard InChI is InChI=1S/C25H20BrN3O5/c1-33-22-15-18(7-13-21(22)34-23(30)14-8-17-5-3-2-4-6-17)16-27-29-25(32)24(31)28-20-11-9-19(26)10-12-20/h2-16H,1H3,(H,28,31)(H,29,32)/b14-8+,27-16+. The number of hydrogen-bond donors (Lipinski definition) is 2. The Morgan fingerprint density at radius 1 is 0.882 bits per heavy atom. The fraction of sp³-hybridized carbons (Fsp3) is 0.0400. The van der Waals surface area contributed by atoms with Crippen molar-refractivity contribution in [2.45, 2.75) is 0 Å². The minimum absolute atomic E-state index is 0.222. The molecule has 8 nitrogen and oxygen atoms in total. The van der Waals surface area contributed by atoms with Crippen LogP contribution >= 0.6 is 15.9 Å². The van der Waals surface area contributed by atoms with Crippen molar-refractivity contribution >= 4 is 51.7 Å². The number of carbonyl (C=O) groups excluding carboxylic acids is 3. The highest BCUT2D eigenvalue weighted by Gasteiger charge is 2.13. The van der Waals surface area contributed by atoms with Gasteiger partial charge in [0.05, 0.1) is 13.3 Å². The van der Waals surface area contributed by atoms with Gasteiger partial charge in [0.15, 0.2) is 11.5 Å². The third-order valence-corrected chi connectivity index (χ3v) is 4.83. The second kappa shape index (κ2) is 12.1. The summed E-state index contributed by atoms with van der Waals surface area (Å²) in [6.07, 6.45) is 4.29. The Hall–Kier alpha value is -4.24. The molecule has 0 heterocycles. The normalized spacial score (nSPS) is 10.8. The molecule has 3 aromatic carbocycles. The molecule has 34 heavy (non-hydrogen) atoms. The van der Waals surface area contributed by atoms with Gasteiger partial charge in [-0.3, -0.25) is 9.59 Å². The van der Waals surface area contributed by atoms with Crippen LogP contribution < -0.4 is 20.2 Å². The second-order valence-electron chi connectivity index (χ2n) is 6.74. The van der Waals surface area contributed by atoms with Crippen LogP contribution in [0.1, 0.15) is 11.1 Å². The van der Waals surface area contributed by atoms with Crippen LogP contribution in [0, 0.1) is 0 Å². The highest BCUT2D eigenvalue weighted by molar-refractivity contribution is 9.10. The van der Waals surface area contributed by atoms with E-state index in [9.17, 15) is 14.4 Å². The molecular weight excluding hydrogens is 502 g/mol. The van der Waals surface area contributed by atoms with Crippen molar-refractivity contribution in [2.75, 3.05) is 12.4 Å². The van der Waals surface area contributed by atoms with Crippen LogP contribution in [0.4, 0.5) is 5.69 Å². The van der Waals surface area contributed by atoms with Crippen LogP contribution in [0.15, 0.2) is 88.4 Å². The molecule has 0 aliphatic heterocycles. The maximum Gasteiger partial charge on any atom is 0.336 e. The van der Waals surface area contributed by atoms with Gasteiger partial charge in [0.1, 0.15) is 0 Å². The zero-order valence-electron chi connectivity index (χ0n) is 18.0. The zero-order chi connectivity index (χ0) is 24.3. The summed E-state index contributed by atoms with van der Waals surface area (Å²) in [6, 6.07) is 20.8. The largest absolute Gasteiger partial charge is 0.493 e. The number of hydrazone groups is 1. The molecule has 9 heteroatoms. The lowest BCUT2D eigenvalue weighted by Crippen LogP contribution is -2.32. The molecule has 0 aliphatic carbocycles. The summed E-state index contributed by atoms with van der Waals surface area (Å²) in [4.78, 5) is 36.0. The van der Waals surface area contributed by atoms with E-state index in [1.165, 1.54) is 25.5 Å². The highest BCUT2D eigenvalue weighted by atomic mass is 79.9. The van der Waals surface area contributed by atoms with Gasteiger partial charge in [-0.05, 0) is 59.7 Å². The minimum Gasteiger partial charge on any atom is -0.493 e. The Kier molecular flexibility index (Phi) is 8.70. The lowest BCUT2D eigenvalue weighted by molar-refractivity contribution is -0.136. The number of carbonyl (C=O) groups is 3. The van der Waals surface area contributed by atoms with E-state index in [-0.39, 0.29) is 5.75 Å². The first-order valence-corrected chi connectivity index (χ1v) is 10.8. The SMILES string of the molecule is COc1cc(/C=N/NC(=O)C(=O)Nc2ccc(Br)cc2)ccc1OC(=O)/C=C/c1ccccc1. The Morgan fingerprint density at radius 3 is 2.32 bits per heavy atom. The third kappa shape index (κ3) is 7.42. The lowest BCUT2D eigenvalue weighted by Gasteiger charge is -2.08. The number of methoxy groups -OCH3 is 1. The molecule has 2 N–H and O–H groups in total. The Balaban J connectivity index is 1.56. The lowest BCUT2D eigenvalue weighted by atomic mass is 10.2. The number of rotatable bonds is 7. The number of esters is 1. The molecule has 3 rings (SSSR count). The fourth-order valence-electron chi connectivity index (χ4n) is 2.66. The number of benzene rings is 3. The van der Waals surface area contributed by atoms with E-state index in [1.807, 2.05) is 30.3 Å². The predicted molar refractivity (Wildman–Crippen MR) is 133 cm³/mol. The summed E-state index contributed by atoms with van der Waals surface area (Å²) in [7, 11) is 1.43. The number of nitrogens with one attached hydrogen (secondary N) is 2. The summed E-state index contributed by atoms with van der Waals surface area (Å²) in [5, 5.41) is 6.24. The molecule has 0 unspecified atom stereocenters. The first-order valence-electron chi connectivity index (χ1n) is 9.97. The molecule has 0 aliphatic rings. The van der Waals surface area contributed by atoms with Crippen molar-refractivity contribution in [1.82, 2.24) is 5.43 Å². The summed E-state index contributed by atoms with van der Waals surface area (Å²) >= 11 is 3.29. The van der Waals surface area contributed by atoms with Gasteiger partial charge in [0.2, 0.25) is 0 Å². The molecular formula is C25H20BrN3O5. The monoisotopic (exact) mass is 521 g/mol. The Morgan fingerprint density at radius 2 is 1.62 bits per heavy atom. The molecule has 0 atom stereocenters. The molecule has 0 fully saturated rings. The summed E-state index contributed by atoms with van der Waals surface area (Å²) < 4.78 is 11.4. The molecule has 0 spiro atoms. The van der Waals surface area contributed by atoms with E-state index in [4.69, 9.17) is 9.47 Å². The maximum absolute atomic E-state index is 12.1. The van der Waals surface area contributed by atoms with Crippen molar-refractivity contribution < 1.29 is 23.9 Å². The van der Waals surface area contributed by atoms with Gasteiger partial charge in [-0.1, -0.05) is 46.3 Å². The summed E-state index contributed by atoms with van der Waals surface area (Å²) in [5.41, 5.74) is 4.04. The number of halogens is 1. The first kappa shape index (κ1) is 24.4. The van der Waals surface area contributed by atoms with Crippen LogP contribution in [0.2, 0.25) is 0 Å². The van der Waals surface area contributed by atoms with Gasteiger partial charge in [-0.25, -0.2) is 10.2 Å². The topological polar surface area (TPSA) is 106 Å². The summed E-state index contributed by atoms with van der Waals surface area (Å²) in [5.74, 6) is -1.83. The van der Waals surface area contributed by atoms with E-state index < -0.39 is 17.8 Å². The van der Waals surface area contributed by atoms with Gasteiger partial charge in [0, 0.05) is 16.2 Å². The molecule has 3 aromatic rings. The first-order chi connectivity index (χ1) is 16.4. The Bertz CT molecular complexity index is 1230. The van der Waals surface area contributed by atoms with E-state index >= 15 is 0 Å². The summed E-state index contributed by atoms with van der Waals surface area (Å²) in [6.45, 7) is 0. The third-order valence-electron chi connectivity index (χ3n) is 4.30. The number of anilines is 1. The van der Waals surface area contributed by atoms with Gasteiger partial charge in [-0.2, -0.15) is 5.10 Å². The predicted octanol–water partition coefficient (Wildman–Crippen LogP) is 4.17. The molecule has 172 valence electrons. The van der Waals surface area contributed by atoms with Crippen LogP contribution in [0.3, 0.4) is 0 Å². The smallest absolute Gasteiger partial charge is 0.336 e. The van der Waals surface area contributed by atoms with E-state index in [2.05, 4.69) is 31.8 Å². The average Bonchev–Trinajstić information content (AvgIpc) is 2.85. The van der Waals surface area contributed by atoms with Crippen molar-refractivity contribution in [2.24, 2.45) is 5.10 Å². The van der Waals surface area contributed by atoms with Crippen LogP contribution in [0.5, 0.6) is 11.5 Å². The average molecular weight is 522 g/mol. The minimum atomic E-state index is -0.929. The quantitative estimate of drug-likeness (QED) is 0.121. The van der Waals surface area contributed by atoms with E-state index in [0.29, 0.717) is 17.0 Å². The second-order valence-corrected chi connectivity index (χ2v) is 7.65. The van der Waals surface area contributed by atoms with Crippen molar-refractivity contribution in [1.29, 1.82) is 0 Å². The zero-order valence-corrected chi connectivity index (χ0v) is 19.6. The van der Waals surface area contributed by atoms with Gasteiger partial charge in [0.25, 0.3) is 0 Å². The molecule has 2 amide bonds. The van der Waals surface area contributed by atoms with Crippen LogP contribution in [-0.2, 0) is 14.4 Å². The molecule has 0 bridgehead atoms. The van der Waals surface area contributed by atoms with E-state index in [0.717, 1.165) is 10.0 Å². The fourth-order valence-corrected chi connectivity index (χ4v) is 2.92. The van der Waals surface area contributed by atoms with Crippen LogP contribution in [0.25, 0.3) is 6.08 Å². The number of nitrogens with zero attached hydrogens (tertiary/aromatic N) is 1. The van der Waals surface area contributed by atoms with Crippen LogP contribution in [-0.4, -0.2) is 31.1 Å². The van der Waals surface area contributed by atoms with Gasteiger partial charge < -0.3 is 14.8 Å². The molecule has 0 saturated carbocycles. The van der Waals surface area contributed by atoms with Gasteiger partial charge in [-0.15, -0.1) is 0 Å². The molecule has 0 radical (unpaired) electrons. The number of hydrogen-bond acceptors (Lipinski definition) is 6. The molecule has 0 aromatic heterocycles. The number of amides is 2. The van der Waals surface area contributed by atoms with Crippen molar-refractivity contribution in [3.63, 3.8) is 0 Å². The maximum atomic E-state index is 12.1. The van der Waals surface area contributed by atoms with Gasteiger partial charge >= 0.3 is 17.8 Å². The Labute approximate surface area is 204 Å². The van der Waals surface area contributed by atoms with E-state index in [1.54, 1.807) is 42.5 Å². The molecule has 0 saturated heterocycles. The highest BCUT2D eigenvalue weighted by Crippen LogP contribution is 2.27.